The molecule has 0 aliphatic heterocycles. The quantitative estimate of drug-likeness (QED) is 0.842. The molecule has 1 aromatic rings. The van der Waals surface area contributed by atoms with E-state index in [-0.39, 0.29) is 10.0 Å². The highest BCUT2D eigenvalue weighted by Gasteiger charge is 2.20. The molecule has 0 aromatic heterocycles. The van der Waals surface area contributed by atoms with Crippen LogP contribution < -0.4 is 5.32 Å². The van der Waals surface area contributed by atoms with E-state index in [1.54, 1.807) is 0 Å². The zero-order valence-corrected chi connectivity index (χ0v) is 12.0. The van der Waals surface area contributed by atoms with Crippen LogP contribution in [0.25, 0.3) is 0 Å². The Bertz CT molecular complexity index is 479. The lowest BCUT2D eigenvalue weighted by Crippen LogP contribution is -2.40. The van der Waals surface area contributed by atoms with Crippen molar-refractivity contribution in [1.82, 2.24) is 5.32 Å². The molecule has 0 radical (unpaired) electrons. The van der Waals surface area contributed by atoms with Gasteiger partial charge in [-0.05, 0) is 40.5 Å². The first-order chi connectivity index (χ1) is 8.95. The smallest absolute Gasteiger partial charge is 0.326 e. The Morgan fingerprint density at radius 3 is 2.68 bits per heavy atom. The zero-order valence-electron chi connectivity index (χ0n) is 10.5. The lowest BCUT2D eigenvalue weighted by atomic mass is 10.1. The van der Waals surface area contributed by atoms with Crippen LogP contribution in [0.15, 0.2) is 22.7 Å². The predicted molar refractivity (Wildman–Crippen MR) is 72.5 cm³/mol. The first-order valence-corrected chi connectivity index (χ1v) is 6.73. The maximum absolute atomic E-state index is 13.0. The van der Waals surface area contributed by atoms with Gasteiger partial charge in [-0.25, -0.2) is 9.18 Å². The molecule has 1 unspecified atom stereocenters. The molecular weight excluding hydrogens is 317 g/mol. The summed E-state index contributed by atoms with van der Waals surface area (Å²) in [5.74, 6) is -2.07. The Morgan fingerprint density at radius 1 is 1.47 bits per heavy atom. The van der Waals surface area contributed by atoms with Crippen molar-refractivity contribution in [3.05, 3.63) is 34.1 Å². The van der Waals surface area contributed by atoms with Gasteiger partial charge in [-0.15, -0.1) is 0 Å². The van der Waals surface area contributed by atoms with Gasteiger partial charge in [0.25, 0.3) is 5.91 Å². The Hall–Kier alpha value is -1.43. The highest BCUT2D eigenvalue weighted by molar-refractivity contribution is 9.10. The van der Waals surface area contributed by atoms with Gasteiger partial charge in [-0.2, -0.15) is 0 Å². The molecule has 1 rings (SSSR count). The molecule has 0 aliphatic carbocycles. The van der Waals surface area contributed by atoms with Gasteiger partial charge in [0.2, 0.25) is 0 Å². The van der Waals surface area contributed by atoms with Crippen LogP contribution in [-0.2, 0) is 4.79 Å². The molecule has 0 heterocycles. The summed E-state index contributed by atoms with van der Waals surface area (Å²) < 4.78 is 13.2. The second-order valence-corrected chi connectivity index (χ2v) is 4.99. The molecule has 0 bridgehead atoms. The van der Waals surface area contributed by atoms with E-state index < -0.39 is 23.7 Å². The van der Waals surface area contributed by atoms with Crippen LogP contribution >= 0.6 is 15.9 Å². The summed E-state index contributed by atoms with van der Waals surface area (Å²) in [6.45, 7) is 1.94. The normalized spacial score (nSPS) is 11.9. The molecule has 104 valence electrons. The zero-order chi connectivity index (χ0) is 14.4. The molecule has 4 nitrogen and oxygen atoms in total. The third-order valence-corrected chi connectivity index (χ3v) is 3.24. The predicted octanol–water partition coefficient (Wildman–Crippen LogP) is 2.96. The molecular formula is C13H15BrFNO3. The number of hydrogen-bond donors (Lipinski definition) is 2. The molecule has 2 N–H and O–H groups in total. The number of carboxylic acid groups (broad SMARTS) is 1. The minimum absolute atomic E-state index is 0.167. The van der Waals surface area contributed by atoms with Crippen LogP contribution in [-0.4, -0.2) is 23.0 Å². The van der Waals surface area contributed by atoms with Crippen molar-refractivity contribution >= 4 is 27.8 Å². The molecule has 0 saturated carbocycles. The Labute approximate surface area is 119 Å². The summed E-state index contributed by atoms with van der Waals surface area (Å²) in [6.07, 6.45) is 1.94. The number of aliphatic carboxylic acids is 1. The maximum Gasteiger partial charge on any atom is 0.326 e. The number of rotatable bonds is 6. The summed E-state index contributed by atoms with van der Waals surface area (Å²) >= 11 is 2.98. The van der Waals surface area contributed by atoms with Gasteiger partial charge >= 0.3 is 5.97 Å². The number of hydrogen-bond acceptors (Lipinski definition) is 2. The maximum atomic E-state index is 13.0. The number of nitrogens with one attached hydrogen (secondary N) is 1. The van der Waals surface area contributed by atoms with Crippen molar-refractivity contribution < 1.29 is 19.1 Å². The van der Waals surface area contributed by atoms with E-state index in [2.05, 4.69) is 21.2 Å². The number of amides is 1. The van der Waals surface area contributed by atoms with Crippen molar-refractivity contribution in [1.29, 1.82) is 0 Å². The van der Waals surface area contributed by atoms with Crippen LogP contribution in [0.4, 0.5) is 4.39 Å². The number of halogens is 2. The molecule has 1 atom stereocenters. The first-order valence-electron chi connectivity index (χ1n) is 5.94. The summed E-state index contributed by atoms with van der Waals surface area (Å²) in [6, 6.07) is 2.87. The number of carboxylic acids is 1. The van der Waals surface area contributed by atoms with Crippen LogP contribution in [0.5, 0.6) is 0 Å². The molecule has 0 fully saturated rings. The van der Waals surface area contributed by atoms with Gasteiger partial charge < -0.3 is 10.4 Å². The highest BCUT2D eigenvalue weighted by Crippen LogP contribution is 2.17. The van der Waals surface area contributed by atoms with Gasteiger partial charge in [0.05, 0.1) is 4.47 Å². The molecule has 0 saturated heterocycles. The highest BCUT2D eigenvalue weighted by atomic mass is 79.9. The van der Waals surface area contributed by atoms with E-state index in [1.807, 2.05) is 6.92 Å². The Kier molecular flexibility index (Phi) is 5.95. The number of carbonyl (C=O) groups excluding carboxylic acids is 1. The monoisotopic (exact) mass is 331 g/mol. The van der Waals surface area contributed by atoms with Crippen molar-refractivity contribution in [2.24, 2.45) is 0 Å². The van der Waals surface area contributed by atoms with Gasteiger partial charge in [0, 0.05) is 5.56 Å². The topological polar surface area (TPSA) is 66.4 Å². The van der Waals surface area contributed by atoms with E-state index in [4.69, 9.17) is 5.11 Å². The third-order valence-electron chi connectivity index (χ3n) is 2.63. The van der Waals surface area contributed by atoms with Gasteiger partial charge in [0.15, 0.2) is 0 Å². The van der Waals surface area contributed by atoms with Crippen LogP contribution in [0.1, 0.15) is 36.5 Å². The van der Waals surface area contributed by atoms with Crippen molar-refractivity contribution in [3.63, 3.8) is 0 Å². The molecule has 1 amide bonds. The standard InChI is InChI=1S/C13H15BrFNO3/c1-2-3-4-11(13(18)19)16-12(17)8-5-6-10(15)9(14)7-8/h5-7,11H,2-4H2,1H3,(H,16,17)(H,18,19). The van der Waals surface area contributed by atoms with E-state index in [9.17, 15) is 14.0 Å². The number of unbranched alkanes of at least 4 members (excludes halogenated alkanes) is 1. The fraction of sp³-hybridized carbons (Fsp3) is 0.385. The summed E-state index contributed by atoms with van der Waals surface area (Å²) in [4.78, 5) is 22.9. The number of carbonyl (C=O) groups is 2. The lowest BCUT2D eigenvalue weighted by molar-refractivity contribution is -0.139. The van der Waals surface area contributed by atoms with Gasteiger partial charge in [-0.1, -0.05) is 19.8 Å². The Balaban J connectivity index is 2.75. The van der Waals surface area contributed by atoms with E-state index >= 15 is 0 Å². The second-order valence-electron chi connectivity index (χ2n) is 4.14. The number of benzene rings is 1. The van der Waals surface area contributed by atoms with Crippen LogP contribution in [0.3, 0.4) is 0 Å². The van der Waals surface area contributed by atoms with Gasteiger partial charge in [-0.3, -0.25) is 4.79 Å². The lowest BCUT2D eigenvalue weighted by Gasteiger charge is -2.14. The minimum atomic E-state index is -1.07. The third kappa shape index (κ3) is 4.63. The van der Waals surface area contributed by atoms with E-state index in [1.165, 1.54) is 12.1 Å². The van der Waals surface area contributed by atoms with E-state index in [0.717, 1.165) is 12.5 Å². The van der Waals surface area contributed by atoms with E-state index in [0.29, 0.717) is 12.8 Å². The molecule has 0 spiro atoms. The summed E-state index contributed by atoms with van der Waals surface area (Å²) in [5, 5.41) is 11.4. The molecule has 19 heavy (non-hydrogen) atoms. The van der Waals surface area contributed by atoms with Crippen molar-refractivity contribution in [2.45, 2.75) is 32.2 Å². The average molecular weight is 332 g/mol. The summed E-state index contributed by atoms with van der Waals surface area (Å²) in [5.41, 5.74) is 0.219. The molecule has 6 heteroatoms. The largest absolute Gasteiger partial charge is 0.480 e. The van der Waals surface area contributed by atoms with Gasteiger partial charge in [0.1, 0.15) is 11.9 Å². The minimum Gasteiger partial charge on any atom is -0.480 e. The fourth-order valence-electron chi connectivity index (χ4n) is 1.54. The van der Waals surface area contributed by atoms with Crippen LogP contribution in [0, 0.1) is 5.82 Å². The first kappa shape index (κ1) is 15.6. The Morgan fingerprint density at radius 2 is 2.16 bits per heavy atom. The summed E-state index contributed by atoms with van der Waals surface area (Å²) in [7, 11) is 0. The van der Waals surface area contributed by atoms with Crippen molar-refractivity contribution in [2.75, 3.05) is 0 Å². The second kappa shape index (κ2) is 7.23. The SMILES string of the molecule is CCCCC(NC(=O)c1ccc(F)c(Br)c1)C(=O)O. The fourth-order valence-corrected chi connectivity index (χ4v) is 1.92. The molecule has 0 aliphatic rings. The average Bonchev–Trinajstić information content (AvgIpc) is 2.37. The molecule has 1 aromatic carbocycles. The van der Waals surface area contributed by atoms with Crippen molar-refractivity contribution in [3.8, 4) is 0 Å². The van der Waals surface area contributed by atoms with Crippen LogP contribution in [0.2, 0.25) is 0 Å².